The summed E-state index contributed by atoms with van der Waals surface area (Å²) in [5, 5.41) is 0. The van der Waals surface area contributed by atoms with Crippen molar-refractivity contribution in [3.05, 3.63) is 95.3 Å². The first-order valence-electron chi connectivity index (χ1n) is 11.9. The van der Waals surface area contributed by atoms with Crippen LogP contribution >= 0.6 is 0 Å². The van der Waals surface area contributed by atoms with Gasteiger partial charge in [-0.25, -0.2) is 4.99 Å². The van der Waals surface area contributed by atoms with Crippen LogP contribution in [-0.4, -0.2) is 18.6 Å². The van der Waals surface area contributed by atoms with Crippen LogP contribution in [0.5, 0.6) is 0 Å². The van der Waals surface area contributed by atoms with Crippen molar-refractivity contribution in [1.82, 2.24) is 0 Å². The van der Waals surface area contributed by atoms with Gasteiger partial charge in [0.1, 0.15) is 5.84 Å². The maximum Gasteiger partial charge on any atom is 0.146 e. The second kappa shape index (κ2) is 11.6. The van der Waals surface area contributed by atoms with Crippen molar-refractivity contribution in [3.63, 3.8) is 0 Å². The molecule has 3 rings (SSSR count). The summed E-state index contributed by atoms with van der Waals surface area (Å²) in [6.45, 7) is 12.4. The number of anilines is 1. The van der Waals surface area contributed by atoms with E-state index in [4.69, 9.17) is 4.99 Å². The highest BCUT2D eigenvalue weighted by atomic mass is 15.1. The molecule has 0 heterocycles. The fourth-order valence-electron chi connectivity index (χ4n) is 4.34. The lowest BCUT2D eigenvalue weighted by molar-refractivity contribution is 0.613. The summed E-state index contributed by atoms with van der Waals surface area (Å²) in [6, 6.07) is 15.4. The molecule has 1 fully saturated rings. The van der Waals surface area contributed by atoms with E-state index >= 15 is 0 Å². The Labute approximate surface area is 200 Å². The molecule has 3 nitrogen and oxygen atoms in total. The van der Waals surface area contributed by atoms with Crippen LogP contribution in [0.2, 0.25) is 0 Å². The van der Waals surface area contributed by atoms with Gasteiger partial charge in [0.2, 0.25) is 0 Å². The van der Waals surface area contributed by atoms with Crippen LogP contribution < -0.4 is 4.90 Å². The molecule has 0 N–H and O–H groups in total. The molecule has 2 aromatic carbocycles. The Hall–Kier alpha value is -3.20. The molecule has 1 unspecified atom stereocenters. The first kappa shape index (κ1) is 24.4. The number of hydrogen-bond acceptors (Lipinski definition) is 2. The van der Waals surface area contributed by atoms with E-state index in [0.29, 0.717) is 5.92 Å². The Morgan fingerprint density at radius 2 is 1.82 bits per heavy atom. The molecule has 1 aliphatic carbocycles. The zero-order chi connectivity index (χ0) is 23.8. The molecule has 0 spiro atoms. The van der Waals surface area contributed by atoms with Crippen molar-refractivity contribution < 1.29 is 0 Å². The minimum atomic E-state index is 0.394. The van der Waals surface area contributed by atoms with Crippen molar-refractivity contribution >= 4 is 23.3 Å². The summed E-state index contributed by atoms with van der Waals surface area (Å²) in [5.74, 6) is 1.17. The number of amidine groups is 1. The molecule has 0 amide bonds. The molecule has 33 heavy (non-hydrogen) atoms. The van der Waals surface area contributed by atoms with Gasteiger partial charge in [-0.05, 0) is 81.9 Å². The third-order valence-corrected chi connectivity index (χ3v) is 6.06. The quantitative estimate of drug-likeness (QED) is 0.331. The minimum Gasteiger partial charge on any atom is -0.324 e. The lowest BCUT2D eigenvalue weighted by Crippen LogP contribution is -2.19. The summed E-state index contributed by atoms with van der Waals surface area (Å²) >= 11 is 0. The Morgan fingerprint density at radius 1 is 1.06 bits per heavy atom. The molecule has 2 aromatic rings. The minimum absolute atomic E-state index is 0.394. The highest BCUT2D eigenvalue weighted by molar-refractivity contribution is 6.07. The topological polar surface area (TPSA) is 28.0 Å². The zero-order valence-electron chi connectivity index (χ0n) is 20.8. The molecule has 0 bridgehead atoms. The van der Waals surface area contributed by atoms with Crippen LogP contribution in [-0.2, 0) is 0 Å². The normalized spacial score (nSPS) is 17.9. The van der Waals surface area contributed by atoms with Crippen molar-refractivity contribution in [3.8, 4) is 0 Å². The molecular formula is C30H37N3. The van der Waals surface area contributed by atoms with Crippen LogP contribution in [0.4, 0.5) is 5.69 Å². The van der Waals surface area contributed by atoms with Crippen LogP contribution in [0, 0.1) is 13.8 Å². The van der Waals surface area contributed by atoms with E-state index in [0.717, 1.165) is 29.9 Å². The highest BCUT2D eigenvalue weighted by Crippen LogP contribution is 2.31. The van der Waals surface area contributed by atoms with Crippen LogP contribution in [0.3, 0.4) is 0 Å². The first-order chi connectivity index (χ1) is 15.9. The van der Waals surface area contributed by atoms with Gasteiger partial charge < -0.3 is 4.90 Å². The van der Waals surface area contributed by atoms with Crippen molar-refractivity contribution in [1.29, 1.82) is 0 Å². The van der Waals surface area contributed by atoms with Crippen LogP contribution in [0.1, 0.15) is 67.7 Å². The third-order valence-electron chi connectivity index (χ3n) is 6.06. The summed E-state index contributed by atoms with van der Waals surface area (Å²) in [5.41, 5.74) is 8.62. The Balaban J connectivity index is 1.81. The van der Waals surface area contributed by atoms with Gasteiger partial charge in [0, 0.05) is 36.8 Å². The average molecular weight is 440 g/mol. The summed E-state index contributed by atoms with van der Waals surface area (Å²) in [6.07, 6.45) is 12.7. The van der Waals surface area contributed by atoms with Gasteiger partial charge in [0.15, 0.2) is 0 Å². The van der Waals surface area contributed by atoms with Gasteiger partial charge in [-0.3, -0.25) is 4.99 Å². The molecule has 1 saturated carbocycles. The standard InChI is InChI=1S/C30H37N3/c1-7-33(21-22(2)3)29-18-14-25(20-24(29)5)15-19-30(31-6)32-28-11-9-8-10-27(28)26-16-12-23(4)13-17-26/h7,12-21,27H,1,8-11H2,2-6H3/b19-15+,31-30?,32-28?. The van der Waals surface area contributed by atoms with Crippen molar-refractivity contribution in [2.45, 2.75) is 59.3 Å². The second-order valence-corrected chi connectivity index (χ2v) is 9.07. The van der Waals surface area contributed by atoms with Crippen molar-refractivity contribution in [2.24, 2.45) is 9.98 Å². The molecular weight excluding hydrogens is 402 g/mol. The van der Waals surface area contributed by atoms with Gasteiger partial charge in [-0.2, -0.15) is 0 Å². The van der Waals surface area contributed by atoms with E-state index in [9.17, 15) is 0 Å². The molecule has 1 aliphatic rings. The monoisotopic (exact) mass is 439 g/mol. The lowest BCUT2D eigenvalue weighted by atomic mass is 9.82. The van der Waals surface area contributed by atoms with E-state index in [2.05, 4.69) is 98.9 Å². The maximum absolute atomic E-state index is 5.01. The maximum atomic E-state index is 5.01. The van der Waals surface area contributed by atoms with Crippen LogP contribution in [0.15, 0.2) is 83.1 Å². The second-order valence-electron chi connectivity index (χ2n) is 9.07. The zero-order valence-corrected chi connectivity index (χ0v) is 20.8. The smallest absolute Gasteiger partial charge is 0.146 e. The third kappa shape index (κ3) is 6.64. The molecule has 0 saturated heterocycles. The van der Waals surface area contributed by atoms with Crippen molar-refractivity contribution in [2.75, 3.05) is 11.9 Å². The number of rotatable bonds is 6. The van der Waals surface area contributed by atoms with E-state index in [1.165, 1.54) is 40.8 Å². The largest absolute Gasteiger partial charge is 0.324 e. The number of benzene rings is 2. The fourth-order valence-corrected chi connectivity index (χ4v) is 4.34. The van der Waals surface area contributed by atoms with Crippen LogP contribution in [0.25, 0.3) is 6.08 Å². The van der Waals surface area contributed by atoms with E-state index in [1.54, 1.807) is 0 Å². The Kier molecular flexibility index (Phi) is 8.59. The number of aryl methyl sites for hydroxylation is 2. The Morgan fingerprint density at radius 3 is 2.45 bits per heavy atom. The molecule has 3 heteroatoms. The number of aliphatic imine (C=N–C) groups is 2. The number of allylic oxidation sites excluding steroid dienone is 1. The number of nitrogens with zero attached hydrogens (tertiary/aromatic N) is 3. The van der Waals surface area contributed by atoms with E-state index in [-0.39, 0.29) is 0 Å². The van der Waals surface area contributed by atoms with E-state index < -0.39 is 0 Å². The fraction of sp³-hybridized carbons (Fsp3) is 0.333. The molecule has 1 atom stereocenters. The SMILES string of the molecule is C=CN(C=C(C)C)c1ccc(/C=C/C(=NC)N=C2CCCCC2c2ccc(C)cc2)cc1C. The molecule has 0 radical (unpaired) electrons. The lowest BCUT2D eigenvalue weighted by Gasteiger charge is -2.24. The van der Waals surface area contributed by atoms with Gasteiger partial charge in [-0.15, -0.1) is 0 Å². The molecule has 0 aromatic heterocycles. The predicted molar refractivity (Wildman–Crippen MR) is 146 cm³/mol. The molecule has 172 valence electrons. The van der Waals surface area contributed by atoms with Gasteiger partial charge in [-0.1, -0.05) is 60.5 Å². The van der Waals surface area contributed by atoms with E-state index in [1.807, 2.05) is 19.3 Å². The highest BCUT2D eigenvalue weighted by Gasteiger charge is 2.22. The average Bonchev–Trinajstić information content (AvgIpc) is 2.81. The summed E-state index contributed by atoms with van der Waals surface area (Å²) in [4.78, 5) is 11.5. The van der Waals surface area contributed by atoms with Gasteiger partial charge in [0.25, 0.3) is 0 Å². The Bertz CT molecular complexity index is 1080. The first-order valence-corrected chi connectivity index (χ1v) is 11.9. The summed E-state index contributed by atoms with van der Waals surface area (Å²) in [7, 11) is 1.82. The number of hydrogen-bond donors (Lipinski definition) is 0. The predicted octanol–water partition coefficient (Wildman–Crippen LogP) is 8.02. The summed E-state index contributed by atoms with van der Waals surface area (Å²) < 4.78 is 0. The van der Waals surface area contributed by atoms with Gasteiger partial charge >= 0.3 is 0 Å². The molecule has 0 aliphatic heterocycles. The van der Waals surface area contributed by atoms with Gasteiger partial charge in [0.05, 0.1) is 0 Å².